The molecule has 0 aromatic heterocycles. The first kappa shape index (κ1) is 22.7. The molecule has 5 aliphatic rings. The van der Waals surface area contributed by atoms with Gasteiger partial charge in [-0.15, -0.1) is 0 Å². The molecule has 1 aliphatic carbocycles. The van der Waals surface area contributed by atoms with E-state index < -0.39 is 27.8 Å². The van der Waals surface area contributed by atoms with Crippen molar-refractivity contribution in [2.45, 2.75) is 88.5 Å². The molecule has 1 spiro atoms. The van der Waals surface area contributed by atoms with Crippen molar-refractivity contribution in [2.24, 2.45) is 23.7 Å². The predicted molar refractivity (Wildman–Crippen MR) is 116 cm³/mol. The summed E-state index contributed by atoms with van der Waals surface area (Å²) < 4.78 is 43.4. The average molecular weight is 467 g/mol. The molecule has 5 fully saturated rings. The zero-order valence-corrected chi connectivity index (χ0v) is 20.1. The van der Waals surface area contributed by atoms with Gasteiger partial charge in [-0.3, -0.25) is 4.18 Å². The normalized spacial score (nSPS) is 43.5. The van der Waals surface area contributed by atoms with E-state index in [0.717, 1.165) is 31.2 Å². The highest BCUT2D eigenvalue weighted by molar-refractivity contribution is 7.86. The van der Waals surface area contributed by atoms with Gasteiger partial charge in [0.25, 0.3) is 10.1 Å². The van der Waals surface area contributed by atoms with E-state index in [2.05, 4.69) is 13.8 Å². The molecule has 8 atom stereocenters. The van der Waals surface area contributed by atoms with Crippen molar-refractivity contribution in [1.82, 2.24) is 0 Å². The van der Waals surface area contributed by atoms with Crippen molar-refractivity contribution in [3.05, 3.63) is 29.8 Å². The third-order valence-corrected chi connectivity index (χ3v) is 9.57. The molecule has 4 saturated heterocycles. The first-order valence-electron chi connectivity index (χ1n) is 11.8. The van der Waals surface area contributed by atoms with E-state index in [1.807, 2.05) is 13.8 Å². The molecule has 4 aliphatic heterocycles. The Kier molecular flexibility index (Phi) is 5.71. The summed E-state index contributed by atoms with van der Waals surface area (Å²) in [5, 5.41) is 0. The average Bonchev–Trinajstić information content (AvgIpc) is 2.98. The van der Waals surface area contributed by atoms with Gasteiger partial charge in [0.15, 0.2) is 11.9 Å². The van der Waals surface area contributed by atoms with Gasteiger partial charge in [-0.1, -0.05) is 31.5 Å². The number of hydrogen-bond acceptors (Lipinski definition) is 7. The molecule has 0 amide bonds. The second-order valence-corrected chi connectivity index (χ2v) is 11.9. The first-order chi connectivity index (χ1) is 15.1. The topological polar surface area (TPSA) is 80.3 Å². The molecule has 8 heteroatoms. The van der Waals surface area contributed by atoms with E-state index in [-0.39, 0.29) is 29.4 Å². The molecule has 0 radical (unpaired) electrons. The van der Waals surface area contributed by atoms with E-state index >= 15 is 0 Å². The SMILES string of the molecule is Cc1ccc(S(=O)(=O)OCC[C@H]2O[C@@H]3O[C@@]4(C)CC[C@H]5[C@H](C)CC[C@H]([C@H]2C)[C@@]35OO4)cc1. The van der Waals surface area contributed by atoms with Crippen LogP contribution in [0.1, 0.15) is 58.4 Å². The van der Waals surface area contributed by atoms with Gasteiger partial charge in [-0.2, -0.15) is 8.42 Å². The van der Waals surface area contributed by atoms with E-state index in [4.69, 9.17) is 23.4 Å². The Morgan fingerprint density at radius 1 is 1.06 bits per heavy atom. The van der Waals surface area contributed by atoms with Crippen molar-refractivity contribution in [2.75, 3.05) is 6.61 Å². The highest BCUT2D eigenvalue weighted by Gasteiger charge is 2.69. The van der Waals surface area contributed by atoms with Crippen LogP contribution in [-0.2, 0) is 33.6 Å². The van der Waals surface area contributed by atoms with Gasteiger partial charge in [0.05, 0.1) is 17.6 Å². The van der Waals surface area contributed by atoms with Crippen molar-refractivity contribution in [3.63, 3.8) is 0 Å². The molecule has 4 heterocycles. The Hall–Kier alpha value is -1.03. The highest BCUT2D eigenvalue weighted by Crippen LogP contribution is 2.60. The monoisotopic (exact) mass is 466 g/mol. The predicted octanol–water partition coefficient (Wildman–Crippen LogP) is 4.34. The van der Waals surface area contributed by atoms with Crippen molar-refractivity contribution in [3.8, 4) is 0 Å². The lowest BCUT2D eigenvalue weighted by atomic mass is 9.57. The summed E-state index contributed by atoms with van der Waals surface area (Å²) in [6, 6.07) is 6.68. The van der Waals surface area contributed by atoms with Crippen molar-refractivity contribution >= 4 is 10.1 Å². The maximum atomic E-state index is 12.6. The van der Waals surface area contributed by atoms with Gasteiger partial charge in [-0.05, 0) is 69.4 Å². The lowest BCUT2D eigenvalue weighted by molar-refractivity contribution is -0.571. The van der Waals surface area contributed by atoms with Gasteiger partial charge in [0.2, 0.25) is 5.79 Å². The Morgan fingerprint density at radius 2 is 1.81 bits per heavy atom. The minimum Gasteiger partial charge on any atom is -0.346 e. The third-order valence-electron chi connectivity index (χ3n) is 8.25. The number of aryl methyl sites for hydroxylation is 1. The quantitative estimate of drug-likeness (QED) is 0.472. The Labute approximate surface area is 190 Å². The van der Waals surface area contributed by atoms with Gasteiger partial charge < -0.3 is 9.47 Å². The third kappa shape index (κ3) is 3.63. The summed E-state index contributed by atoms with van der Waals surface area (Å²) in [6.45, 7) is 8.35. The van der Waals surface area contributed by atoms with Crippen LogP contribution < -0.4 is 0 Å². The van der Waals surface area contributed by atoms with Crippen LogP contribution in [0.2, 0.25) is 0 Å². The maximum absolute atomic E-state index is 12.6. The Morgan fingerprint density at radius 3 is 2.56 bits per heavy atom. The number of rotatable bonds is 5. The Bertz CT molecular complexity index is 948. The fraction of sp³-hybridized carbons (Fsp3) is 0.750. The van der Waals surface area contributed by atoms with E-state index in [0.29, 0.717) is 18.3 Å². The molecule has 32 heavy (non-hydrogen) atoms. The molecule has 1 aromatic carbocycles. The molecular weight excluding hydrogens is 432 g/mol. The zero-order valence-electron chi connectivity index (χ0n) is 19.3. The van der Waals surface area contributed by atoms with Gasteiger partial charge >= 0.3 is 0 Å². The molecule has 6 rings (SSSR count). The van der Waals surface area contributed by atoms with Gasteiger partial charge in [0, 0.05) is 12.3 Å². The Balaban J connectivity index is 1.32. The minimum absolute atomic E-state index is 0.0616. The van der Waals surface area contributed by atoms with Crippen LogP contribution in [-0.4, -0.2) is 38.8 Å². The summed E-state index contributed by atoms with van der Waals surface area (Å²) in [7, 11) is -3.80. The van der Waals surface area contributed by atoms with Gasteiger partial charge in [0.1, 0.15) is 0 Å². The maximum Gasteiger partial charge on any atom is 0.296 e. The molecule has 1 aromatic rings. The van der Waals surface area contributed by atoms with Crippen LogP contribution in [0.4, 0.5) is 0 Å². The molecule has 178 valence electrons. The number of benzene rings is 1. The van der Waals surface area contributed by atoms with E-state index in [1.165, 1.54) is 0 Å². The summed E-state index contributed by atoms with van der Waals surface area (Å²) >= 11 is 0. The molecule has 2 bridgehead atoms. The van der Waals surface area contributed by atoms with Crippen LogP contribution in [0.25, 0.3) is 0 Å². The summed E-state index contributed by atoms with van der Waals surface area (Å²) in [5.41, 5.74) is 0.401. The number of hydrogen-bond donors (Lipinski definition) is 0. The first-order valence-corrected chi connectivity index (χ1v) is 13.2. The summed E-state index contributed by atoms with van der Waals surface area (Å²) in [5.74, 6) is 0.410. The van der Waals surface area contributed by atoms with Crippen molar-refractivity contribution < 1.29 is 31.8 Å². The highest BCUT2D eigenvalue weighted by atomic mass is 32.2. The molecular formula is C24H34O7S. The second-order valence-electron chi connectivity index (χ2n) is 10.3. The van der Waals surface area contributed by atoms with Crippen LogP contribution in [0.5, 0.6) is 0 Å². The van der Waals surface area contributed by atoms with Gasteiger partial charge in [-0.25, -0.2) is 9.78 Å². The molecule has 1 saturated carbocycles. The standard InChI is InChI=1S/C24H34O7S/c1-15-5-8-18(9-6-15)32(25,26)27-14-12-21-17(3)20-10-7-16(2)19-11-13-23(4)29-22(28-21)24(19,20)31-30-23/h5-6,8-9,16-17,19-22H,7,10-14H2,1-4H3/t16-,17-,19+,20-,21-,22-,23-,24-/m1/s1. The van der Waals surface area contributed by atoms with E-state index in [9.17, 15) is 8.42 Å². The van der Waals surface area contributed by atoms with E-state index in [1.54, 1.807) is 24.3 Å². The fourth-order valence-corrected chi connectivity index (χ4v) is 7.28. The lowest BCUT2D eigenvalue weighted by Gasteiger charge is -2.60. The fourth-order valence-electron chi connectivity index (χ4n) is 6.36. The summed E-state index contributed by atoms with van der Waals surface area (Å²) in [4.78, 5) is 12.2. The molecule has 0 N–H and O–H groups in total. The second kappa shape index (κ2) is 8.03. The molecule has 0 unspecified atom stereocenters. The minimum atomic E-state index is -3.80. The lowest BCUT2D eigenvalue weighted by Crippen LogP contribution is -2.70. The smallest absolute Gasteiger partial charge is 0.296 e. The molecule has 7 nitrogen and oxygen atoms in total. The van der Waals surface area contributed by atoms with Crippen LogP contribution in [0, 0.1) is 30.6 Å². The van der Waals surface area contributed by atoms with Crippen LogP contribution in [0.15, 0.2) is 29.2 Å². The number of fused-ring (bicyclic) bond motifs is 2. The number of ether oxygens (including phenoxy) is 2. The largest absolute Gasteiger partial charge is 0.346 e. The van der Waals surface area contributed by atoms with Crippen LogP contribution >= 0.6 is 0 Å². The van der Waals surface area contributed by atoms with Crippen LogP contribution in [0.3, 0.4) is 0 Å². The summed E-state index contributed by atoms with van der Waals surface area (Å²) in [6.07, 6.45) is 3.69. The zero-order chi connectivity index (χ0) is 22.7. The van der Waals surface area contributed by atoms with Crippen molar-refractivity contribution in [1.29, 1.82) is 0 Å².